The third kappa shape index (κ3) is 4.51. The van der Waals surface area contributed by atoms with Gasteiger partial charge >= 0.3 is 0 Å². The van der Waals surface area contributed by atoms with Crippen LogP contribution in [0.15, 0.2) is 52.7 Å². The Morgan fingerprint density at radius 3 is 2.74 bits per heavy atom. The van der Waals surface area contributed by atoms with E-state index in [4.69, 9.17) is 9.72 Å². The number of methoxy groups -OCH3 is 1. The Morgan fingerprint density at radius 2 is 2.00 bits per heavy atom. The van der Waals surface area contributed by atoms with Crippen LogP contribution in [0.5, 0.6) is 5.75 Å². The van der Waals surface area contributed by atoms with Gasteiger partial charge in [-0.05, 0) is 37.6 Å². The van der Waals surface area contributed by atoms with Crippen LogP contribution in [0.3, 0.4) is 0 Å². The van der Waals surface area contributed by atoms with Crippen molar-refractivity contribution in [1.29, 1.82) is 0 Å². The van der Waals surface area contributed by atoms with Crippen molar-refractivity contribution in [1.82, 2.24) is 4.98 Å². The van der Waals surface area contributed by atoms with Crippen LogP contribution in [0, 0.1) is 13.8 Å². The molecule has 140 valence electrons. The second-order valence-electron chi connectivity index (χ2n) is 6.21. The molecule has 6 heteroatoms. The monoisotopic (exact) mass is 398 g/mol. The van der Waals surface area contributed by atoms with E-state index in [1.165, 1.54) is 27.4 Å². The number of ether oxygens (including phenoxy) is 1. The van der Waals surface area contributed by atoms with Crippen LogP contribution in [-0.2, 0) is 10.5 Å². The van der Waals surface area contributed by atoms with Crippen molar-refractivity contribution in [3.8, 4) is 5.75 Å². The van der Waals surface area contributed by atoms with Crippen LogP contribution in [0.2, 0.25) is 0 Å². The van der Waals surface area contributed by atoms with E-state index >= 15 is 0 Å². The predicted octanol–water partition coefficient (Wildman–Crippen LogP) is 5.75. The van der Waals surface area contributed by atoms with Crippen molar-refractivity contribution in [3.63, 3.8) is 0 Å². The summed E-state index contributed by atoms with van der Waals surface area (Å²) in [6.45, 7) is 5.76. The summed E-state index contributed by atoms with van der Waals surface area (Å²) in [4.78, 5) is 19.9. The number of nitrogens with zero attached hydrogens (tertiary/aromatic N) is 2. The molecule has 27 heavy (non-hydrogen) atoms. The average Bonchev–Trinajstić information content (AvgIpc) is 3.11. The highest BCUT2D eigenvalue weighted by Gasteiger charge is 2.21. The summed E-state index contributed by atoms with van der Waals surface area (Å²) in [5.41, 5.74) is 4.18. The fraction of sp³-hybridized carbons (Fsp3) is 0.238. The Labute approximate surface area is 168 Å². The SMILES string of the molecule is COc1ccccc1N(C(C)=O)c1nc(CSc2cc(C)ccc2C)cs1. The van der Waals surface area contributed by atoms with Crippen molar-refractivity contribution >= 4 is 39.8 Å². The van der Waals surface area contributed by atoms with Gasteiger partial charge in [-0.3, -0.25) is 9.69 Å². The molecular weight excluding hydrogens is 376 g/mol. The highest BCUT2D eigenvalue weighted by Crippen LogP contribution is 2.36. The highest BCUT2D eigenvalue weighted by atomic mass is 32.2. The predicted molar refractivity (Wildman–Crippen MR) is 113 cm³/mol. The number of hydrogen-bond acceptors (Lipinski definition) is 5. The smallest absolute Gasteiger partial charge is 0.230 e. The molecule has 3 aromatic rings. The first-order valence-corrected chi connectivity index (χ1v) is 10.4. The molecule has 0 fully saturated rings. The summed E-state index contributed by atoms with van der Waals surface area (Å²) < 4.78 is 5.41. The maximum Gasteiger partial charge on any atom is 0.230 e. The lowest BCUT2D eigenvalue weighted by atomic mass is 10.2. The molecule has 0 N–H and O–H groups in total. The summed E-state index contributed by atoms with van der Waals surface area (Å²) >= 11 is 3.23. The van der Waals surface area contributed by atoms with E-state index in [1.54, 1.807) is 30.7 Å². The van der Waals surface area contributed by atoms with Crippen molar-refractivity contribution in [2.45, 2.75) is 31.4 Å². The van der Waals surface area contributed by atoms with Gasteiger partial charge in [-0.2, -0.15) is 0 Å². The van der Waals surface area contributed by atoms with Gasteiger partial charge in [0.25, 0.3) is 0 Å². The first-order chi connectivity index (χ1) is 13.0. The van der Waals surface area contributed by atoms with Gasteiger partial charge in [0.1, 0.15) is 5.75 Å². The normalized spacial score (nSPS) is 10.7. The van der Waals surface area contributed by atoms with Crippen LogP contribution >= 0.6 is 23.1 Å². The molecule has 1 heterocycles. The minimum absolute atomic E-state index is 0.0948. The fourth-order valence-corrected chi connectivity index (χ4v) is 4.70. The number of carbonyl (C=O) groups is 1. The minimum Gasteiger partial charge on any atom is -0.495 e. The lowest BCUT2D eigenvalue weighted by molar-refractivity contribution is -0.115. The minimum atomic E-state index is -0.0948. The third-order valence-electron chi connectivity index (χ3n) is 4.09. The highest BCUT2D eigenvalue weighted by molar-refractivity contribution is 7.98. The van der Waals surface area contributed by atoms with Gasteiger partial charge in [0.05, 0.1) is 18.5 Å². The molecule has 0 aliphatic heterocycles. The number of carbonyl (C=O) groups excluding carboxylic acids is 1. The van der Waals surface area contributed by atoms with Crippen LogP contribution in [0.1, 0.15) is 23.7 Å². The van der Waals surface area contributed by atoms with E-state index in [1.807, 2.05) is 29.6 Å². The number of thioether (sulfide) groups is 1. The zero-order valence-electron chi connectivity index (χ0n) is 15.9. The van der Waals surface area contributed by atoms with Gasteiger partial charge in [0, 0.05) is 23.0 Å². The number of anilines is 2. The molecule has 0 aliphatic carbocycles. The third-order valence-corrected chi connectivity index (χ3v) is 6.16. The van der Waals surface area contributed by atoms with E-state index in [0.29, 0.717) is 16.6 Å². The zero-order chi connectivity index (χ0) is 19.4. The Kier molecular flexibility index (Phi) is 6.19. The second kappa shape index (κ2) is 8.59. The first kappa shape index (κ1) is 19.5. The molecule has 4 nitrogen and oxygen atoms in total. The van der Waals surface area contributed by atoms with Crippen molar-refractivity contribution < 1.29 is 9.53 Å². The largest absolute Gasteiger partial charge is 0.495 e. The second-order valence-corrected chi connectivity index (χ2v) is 8.06. The number of hydrogen-bond donors (Lipinski definition) is 0. The Hall–Kier alpha value is -2.31. The lowest BCUT2D eigenvalue weighted by Crippen LogP contribution is -2.23. The lowest BCUT2D eigenvalue weighted by Gasteiger charge is -2.20. The topological polar surface area (TPSA) is 42.4 Å². The summed E-state index contributed by atoms with van der Waals surface area (Å²) in [6.07, 6.45) is 0. The number of para-hydroxylation sites is 2. The van der Waals surface area contributed by atoms with Crippen LogP contribution in [0.4, 0.5) is 10.8 Å². The molecule has 3 rings (SSSR count). The van der Waals surface area contributed by atoms with Gasteiger partial charge in [0.2, 0.25) is 5.91 Å². The van der Waals surface area contributed by atoms with E-state index in [-0.39, 0.29) is 5.91 Å². The molecule has 0 saturated heterocycles. The van der Waals surface area contributed by atoms with Crippen LogP contribution < -0.4 is 9.64 Å². The van der Waals surface area contributed by atoms with Crippen molar-refractivity contribution in [2.24, 2.45) is 0 Å². The van der Waals surface area contributed by atoms with Gasteiger partial charge in [0.15, 0.2) is 5.13 Å². The molecule has 1 aromatic heterocycles. The van der Waals surface area contributed by atoms with Gasteiger partial charge < -0.3 is 4.74 Å². The Bertz CT molecular complexity index is 953. The molecule has 0 atom stereocenters. The van der Waals surface area contributed by atoms with Crippen LogP contribution in [0.25, 0.3) is 0 Å². The van der Waals surface area contributed by atoms with Gasteiger partial charge in [-0.25, -0.2) is 4.98 Å². The molecule has 0 radical (unpaired) electrons. The average molecular weight is 399 g/mol. The molecule has 0 spiro atoms. The Balaban J connectivity index is 1.82. The number of benzene rings is 2. The quantitative estimate of drug-likeness (QED) is 0.496. The van der Waals surface area contributed by atoms with Gasteiger partial charge in [-0.15, -0.1) is 23.1 Å². The molecule has 2 aromatic carbocycles. The molecule has 0 bridgehead atoms. The van der Waals surface area contributed by atoms with Crippen molar-refractivity contribution in [3.05, 3.63) is 64.7 Å². The number of thiazole rings is 1. The number of amides is 1. The molecule has 0 aliphatic rings. The Morgan fingerprint density at radius 1 is 1.22 bits per heavy atom. The van der Waals surface area contributed by atoms with Crippen molar-refractivity contribution in [2.75, 3.05) is 12.0 Å². The summed E-state index contributed by atoms with van der Waals surface area (Å²) in [5, 5.41) is 2.67. The summed E-state index contributed by atoms with van der Waals surface area (Å²) in [5.74, 6) is 1.31. The number of aromatic nitrogens is 1. The number of aryl methyl sites for hydroxylation is 2. The van der Waals surface area contributed by atoms with E-state index in [2.05, 4.69) is 32.0 Å². The summed E-state index contributed by atoms with van der Waals surface area (Å²) in [6, 6.07) is 13.9. The van der Waals surface area contributed by atoms with E-state index in [0.717, 1.165) is 11.4 Å². The van der Waals surface area contributed by atoms with Crippen LogP contribution in [-0.4, -0.2) is 18.0 Å². The molecule has 0 unspecified atom stereocenters. The number of rotatable bonds is 6. The summed E-state index contributed by atoms with van der Waals surface area (Å²) in [7, 11) is 1.60. The molecule has 1 amide bonds. The fourth-order valence-electron chi connectivity index (χ4n) is 2.70. The van der Waals surface area contributed by atoms with E-state index in [9.17, 15) is 4.79 Å². The maximum atomic E-state index is 12.3. The van der Waals surface area contributed by atoms with Gasteiger partial charge in [-0.1, -0.05) is 29.8 Å². The molecule has 0 saturated carbocycles. The first-order valence-electron chi connectivity index (χ1n) is 8.57. The standard InChI is InChI=1S/C21H22N2O2S2/c1-14-9-10-15(2)20(11-14)26-12-17-13-27-21(22-17)23(16(3)24)18-7-5-6-8-19(18)25-4/h5-11,13H,12H2,1-4H3. The van der Waals surface area contributed by atoms with E-state index < -0.39 is 0 Å². The zero-order valence-corrected chi connectivity index (χ0v) is 17.5. The molecular formula is C21H22N2O2S2. The maximum absolute atomic E-state index is 12.3.